The van der Waals surface area contributed by atoms with E-state index in [1.54, 1.807) is 31.4 Å². The molecule has 110 valence electrons. The minimum absolute atomic E-state index is 0.214. The van der Waals surface area contributed by atoms with E-state index in [-0.39, 0.29) is 12.6 Å². The number of hydrogen-bond donors (Lipinski definition) is 0. The monoisotopic (exact) mass is 286 g/mol. The smallest absolute Gasteiger partial charge is 0.338 e. The van der Waals surface area contributed by atoms with E-state index in [0.29, 0.717) is 17.9 Å². The van der Waals surface area contributed by atoms with E-state index in [4.69, 9.17) is 14.2 Å². The van der Waals surface area contributed by atoms with Crippen molar-refractivity contribution in [3.8, 4) is 11.5 Å². The van der Waals surface area contributed by atoms with Gasteiger partial charge in [0.2, 0.25) is 0 Å². The van der Waals surface area contributed by atoms with Gasteiger partial charge in [0, 0.05) is 0 Å². The van der Waals surface area contributed by atoms with Crippen molar-refractivity contribution < 1.29 is 19.0 Å². The molecule has 2 aromatic carbocycles. The Balaban J connectivity index is 1.95. The number of hydrogen-bond acceptors (Lipinski definition) is 4. The number of ether oxygens (including phenoxy) is 3. The molecular formula is C17H18O4. The van der Waals surface area contributed by atoms with Crippen molar-refractivity contribution in [2.75, 3.05) is 13.7 Å². The van der Waals surface area contributed by atoms with Gasteiger partial charge in [0.05, 0.1) is 19.3 Å². The molecule has 0 N–H and O–H groups in total. The Kier molecular flexibility index (Phi) is 5.21. The quantitative estimate of drug-likeness (QED) is 0.763. The lowest BCUT2D eigenvalue weighted by atomic mass is 10.2. The maximum Gasteiger partial charge on any atom is 0.338 e. The molecule has 4 heteroatoms. The van der Waals surface area contributed by atoms with Crippen molar-refractivity contribution in [3.63, 3.8) is 0 Å². The Morgan fingerprint density at radius 2 is 1.81 bits per heavy atom. The number of esters is 1. The first-order chi connectivity index (χ1) is 10.2. The molecule has 0 heterocycles. The average Bonchev–Trinajstić information content (AvgIpc) is 2.53. The molecule has 4 nitrogen and oxygen atoms in total. The summed E-state index contributed by atoms with van der Waals surface area (Å²) in [7, 11) is 1.58. The Labute approximate surface area is 124 Å². The summed E-state index contributed by atoms with van der Waals surface area (Å²) < 4.78 is 15.7. The second-order valence-electron chi connectivity index (χ2n) is 4.39. The zero-order valence-electron chi connectivity index (χ0n) is 12.2. The predicted octanol–water partition coefficient (Wildman–Crippen LogP) is 3.45. The molecule has 0 bridgehead atoms. The van der Waals surface area contributed by atoms with Crippen LogP contribution < -0.4 is 9.47 Å². The first-order valence-corrected chi connectivity index (χ1v) is 6.76. The molecule has 0 saturated heterocycles. The second-order valence-corrected chi connectivity index (χ2v) is 4.39. The van der Waals surface area contributed by atoms with E-state index in [1.165, 1.54) is 0 Å². The Bertz CT molecular complexity index is 590. The van der Waals surface area contributed by atoms with Crippen molar-refractivity contribution in [3.05, 3.63) is 59.7 Å². The van der Waals surface area contributed by atoms with E-state index in [1.807, 2.05) is 31.2 Å². The Morgan fingerprint density at radius 3 is 2.48 bits per heavy atom. The maximum atomic E-state index is 11.9. The van der Waals surface area contributed by atoms with Crippen LogP contribution in [0.4, 0.5) is 0 Å². The molecule has 0 saturated carbocycles. The topological polar surface area (TPSA) is 44.8 Å². The Morgan fingerprint density at radius 1 is 1.05 bits per heavy atom. The predicted molar refractivity (Wildman–Crippen MR) is 79.7 cm³/mol. The van der Waals surface area contributed by atoms with Gasteiger partial charge in [-0.15, -0.1) is 0 Å². The highest BCUT2D eigenvalue weighted by Gasteiger charge is 2.07. The summed E-state index contributed by atoms with van der Waals surface area (Å²) in [5.74, 6) is 1.12. The zero-order valence-corrected chi connectivity index (χ0v) is 12.2. The largest absolute Gasteiger partial charge is 0.497 e. The SMILES string of the molecule is CCOc1cccc(COC(=O)c2ccc(OC)cc2)c1. The highest BCUT2D eigenvalue weighted by atomic mass is 16.5. The maximum absolute atomic E-state index is 11.9. The third-order valence-corrected chi connectivity index (χ3v) is 2.91. The van der Waals surface area contributed by atoms with Crippen LogP contribution >= 0.6 is 0 Å². The van der Waals surface area contributed by atoms with Crippen LogP contribution in [0.1, 0.15) is 22.8 Å². The second kappa shape index (κ2) is 7.33. The molecule has 0 aliphatic heterocycles. The normalized spacial score (nSPS) is 10.0. The summed E-state index contributed by atoms with van der Waals surface area (Å²) in [4.78, 5) is 11.9. The first-order valence-electron chi connectivity index (χ1n) is 6.76. The average molecular weight is 286 g/mol. The van der Waals surface area contributed by atoms with Crippen molar-refractivity contribution >= 4 is 5.97 Å². The highest BCUT2D eigenvalue weighted by Crippen LogP contribution is 2.16. The summed E-state index contributed by atoms with van der Waals surface area (Å²) >= 11 is 0. The van der Waals surface area contributed by atoms with Crippen molar-refractivity contribution in [1.82, 2.24) is 0 Å². The van der Waals surface area contributed by atoms with Gasteiger partial charge in [0.15, 0.2) is 0 Å². The van der Waals surface area contributed by atoms with Gasteiger partial charge in [-0.1, -0.05) is 12.1 Å². The molecule has 0 aliphatic rings. The third kappa shape index (κ3) is 4.24. The number of carbonyl (C=O) groups excluding carboxylic acids is 1. The molecule has 2 rings (SSSR count). The first kappa shape index (κ1) is 14.9. The minimum atomic E-state index is -0.362. The van der Waals surface area contributed by atoms with E-state index in [2.05, 4.69) is 0 Å². The number of methoxy groups -OCH3 is 1. The molecule has 0 atom stereocenters. The van der Waals surface area contributed by atoms with Gasteiger partial charge in [-0.25, -0.2) is 4.79 Å². The molecule has 0 aromatic heterocycles. The van der Waals surface area contributed by atoms with Gasteiger partial charge in [0.1, 0.15) is 18.1 Å². The lowest BCUT2D eigenvalue weighted by Crippen LogP contribution is -2.05. The molecule has 0 aliphatic carbocycles. The van der Waals surface area contributed by atoms with Crippen LogP contribution in [-0.2, 0) is 11.3 Å². The summed E-state index contributed by atoms with van der Waals surface area (Å²) in [5, 5.41) is 0. The summed E-state index contributed by atoms with van der Waals surface area (Å²) in [6, 6.07) is 14.3. The van der Waals surface area contributed by atoms with Crippen LogP contribution in [0.3, 0.4) is 0 Å². The molecule has 0 spiro atoms. The molecule has 21 heavy (non-hydrogen) atoms. The number of rotatable bonds is 6. The highest BCUT2D eigenvalue weighted by molar-refractivity contribution is 5.89. The number of benzene rings is 2. The Hall–Kier alpha value is -2.49. The van der Waals surface area contributed by atoms with Crippen LogP contribution in [0.5, 0.6) is 11.5 Å². The van der Waals surface area contributed by atoms with Crippen LogP contribution in [0.15, 0.2) is 48.5 Å². The molecule has 2 aromatic rings. The van der Waals surface area contributed by atoms with Crippen LogP contribution in [0.25, 0.3) is 0 Å². The van der Waals surface area contributed by atoms with Crippen molar-refractivity contribution in [1.29, 1.82) is 0 Å². The molecule has 0 fully saturated rings. The fourth-order valence-electron chi connectivity index (χ4n) is 1.85. The van der Waals surface area contributed by atoms with Crippen molar-refractivity contribution in [2.24, 2.45) is 0 Å². The third-order valence-electron chi connectivity index (χ3n) is 2.91. The fourth-order valence-corrected chi connectivity index (χ4v) is 1.85. The molecule has 0 radical (unpaired) electrons. The molecule has 0 amide bonds. The van der Waals surface area contributed by atoms with Gasteiger partial charge >= 0.3 is 5.97 Å². The zero-order chi connectivity index (χ0) is 15.1. The number of carbonyl (C=O) groups is 1. The van der Waals surface area contributed by atoms with Crippen LogP contribution in [-0.4, -0.2) is 19.7 Å². The van der Waals surface area contributed by atoms with E-state index in [9.17, 15) is 4.79 Å². The summed E-state index contributed by atoms with van der Waals surface area (Å²) in [5.41, 5.74) is 1.39. The standard InChI is InChI=1S/C17H18O4/c1-3-20-16-6-4-5-13(11-16)12-21-17(18)14-7-9-15(19-2)10-8-14/h4-11H,3,12H2,1-2H3. The van der Waals surface area contributed by atoms with Crippen molar-refractivity contribution in [2.45, 2.75) is 13.5 Å². The fraction of sp³-hybridized carbons (Fsp3) is 0.235. The lowest BCUT2D eigenvalue weighted by molar-refractivity contribution is 0.0472. The van der Waals surface area contributed by atoms with Gasteiger partial charge in [-0.2, -0.15) is 0 Å². The van der Waals surface area contributed by atoms with E-state index >= 15 is 0 Å². The summed E-state index contributed by atoms with van der Waals surface area (Å²) in [6.45, 7) is 2.75. The lowest BCUT2D eigenvalue weighted by Gasteiger charge is -2.08. The van der Waals surface area contributed by atoms with Gasteiger partial charge in [0.25, 0.3) is 0 Å². The summed E-state index contributed by atoms with van der Waals surface area (Å²) in [6.07, 6.45) is 0. The van der Waals surface area contributed by atoms with Gasteiger partial charge in [-0.05, 0) is 48.9 Å². The van der Waals surface area contributed by atoms with E-state index in [0.717, 1.165) is 11.3 Å². The van der Waals surface area contributed by atoms with Gasteiger partial charge < -0.3 is 14.2 Å². The minimum Gasteiger partial charge on any atom is -0.497 e. The van der Waals surface area contributed by atoms with Gasteiger partial charge in [-0.3, -0.25) is 0 Å². The molecular weight excluding hydrogens is 268 g/mol. The van der Waals surface area contributed by atoms with Crippen LogP contribution in [0.2, 0.25) is 0 Å². The molecule has 0 unspecified atom stereocenters. The van der Waals surface area contributed by atoms with Crippen LogP contribution in [0, 0.1) is 0 Å². The van der Waals surface area contributed by atoms with E-state index < -0.39 is 0 Å².